The molecule has 1 aromatic carbocycles. The Hall–Kier alpha value is -1.40. The monoisotopic (exact) mass is 293 g/mol. The van der Waals surface area contributed by atoms with Crippen molar-refractivity contribution in [2.24, 2.45) is 10.3 Å². The average Bonchev–Trinajstić information content (AvgIpc) is 3.26. The number of nitrogens with zero attached hydrogens (tertiary/aromatic N) is 2. The fourth-order valence-electron chi connectivity index (χ4n) is 2.50. The molecule has 0 radical (unpaired) electrons. The molecule has 0 spiro atoms. The summed E-state index contributed by atoms with van der Waals surface area (Å²) in [6, 6.07) is 7.54. The molecule has 1 N–H and O–H groups in total. The molecule has 3 rings (SSSR count). The Morgan fingerprint density at radius 3 is 2.90 bits per heavy atom. The van der Waals surface area contributed by atoms with E-state index < -0.39 is 10.0 Å². The van der Waals surface area contributed by atoms with E-state index in [1.165, 1.54) is 19.2 Å². The molecular weight excluding hydrogens is 274 g/mol. The van der Waals surface area contributed by atoms with Crippen molar-refractivity contribution in [2.75, 3.05) is 18.0 Å². The smallest absolute Gasteiger partial charge is 0.285 e. The molecule has 1 unspecified atom stereocenters. The Morgan fingerprint density at radius 1 is 1.40 bits per heavy atom. The minimum atomic E-state index is -3.51. The number of hydrogen-bond acceptors (Lipinski definition) is 4. The first kappa shape index (κ1) is 13.6. The number of nitrogens with one attached hydrogen (secondary N) is 1. The molecule has 1 aliphatic heterocycles. The van der Waals surface area contributed by atoms with Gasteiger partial charge in [-0.2, -0.15) is 8.42 Å². The summed E-state index contributed by atoms with van der Waals surface area (Å²) >= 11 is 0. The number of benzene rings is 1. The van der Waals surface area contributed by atoms with Crippen molar-refractivity contribution in [3.8, 4) is 0 Å². The van der Waals surface area contributed by atoms with E-state index in [0.717, 1.165) is 12.5 Å². The molecule has 1 atom stereocenters. The summed E-state index contributed by atoms with van der Waals surface area (Å²) in [5.41, 5.74) is 0.711. The summed E-state index contributed by atoms with van der Waals surface area (Å²) in [5, 5.41) is 3.49. The summed E-state index contributed by atoms with van der Waals surface area (Å²) in [5.74, 6) is 0.817. The summed E-state index contributed by atoms with van der Waals surface area (Å²) < 4.78 is 27.4. The average molecular weight is 293 g/mol. The quantitative estimate of drug-likeness (QED) is 0.896. The van der Waals surface area contributed by atoms with E-state index in [0.29, 0.717) is 18.3 Å². The van der Waals surface area contributed by atoms with Crippen LogP contribution in [0, 0.1) is 5.92 Å². The summed E-state index contributed by atoms with van der Waals surface area (Å²) in [6.45, 7) is 3.74. The fourth-order valence-corrected chi connectivity index (χ4v) is 3.56. The largest absolute Gasteiger partial charge is 0.329 e. The maximum Gasteiger partial charge on any atom is 0.285 e. The van der Waals surface area contributed by atoms with Crippen LogP contribution in [0.4, 0.5) is 5.69 Å². The lowest BCUT2D eigenvalue weighted by Crippen LogP contribution is -2.38. The van der Waals surface area contributed by atoms with Gasteiger partial charge in [0.05, 0.1) is 5.69 Å². The van der Waals surface area contributed by atoms with Crippen molar-refractivity contribution in [1.29, 1.82) is 0 Å². The van der Waals surface area contributed by atoms with Crippen LogP contribution in [0.3, 0.4) is 0 Å². The van der Waals surface area contributed by atoms with Crippen LogP contribution in [0.2, 0.25) is 0 Å². The molecule has 0 amide bonds. The number of sulfonamides is 1. The minimum absolute atomic E-state index is 0.290. The summed E-state index contributed by atoms with van der Waals surface area (Å²) in [4.78, 5) is 2.18. The third kappa shape index (κ3) is 2.71. The minimum Gasteiger partial charge on any atom is -0.329 e. The Labute approximate surface area is 119 Å². The van der Waals surface area contributed by atoms with Crippen LogP contribution in [0.15, 0.2) is 33.6 Å². The number of hydrogen-bond donors (Lipinski definition) is 1. The second-order valence-corrected chi connectivity index (χ2v) is 7.04. The molecule has 5 nitrogen and oxygen atoms in total. The van der Waals surface area contributed by atoms with E-state index in [1.807, 2.05) is 17.0 Å². The van der Waals surface area contributed by atoms with Crippen molar-refractivity contribution in [1.82, 2.24) is 5.32 Å². The van der Waals surface area contributed by atoms with Crippen molar-refractivity contribution in [3.05, 3.63) is 24.3 Å². The highest BCUT2D eigenvalue weighted by Crippen LogP contribution is 2.32. The van der Waals surface area contributed by atoms with Crippen LogP contribution < -0.4 is 10.2 Å². The van der Waals surface area contributed by atoms with Gasteiger partial charge in [-0.25, -0.2) is 0 Å². The van der Waals surface area contributed by atoms with Gasteiger partial charge in [0.15, 0.2) is 0 Å². The Morgan fingerprint density at radius 2 is 2.15 bits per heavy atom. The molecule has 0 saturated heterocycles. The van der Waals surface area contributed by atoms with Crippen LogP contribution in [-0.2, 0) is 10.0 Å². The second-order valence-electron chi connectivity index (χ2n) is 5.44. The highest BCUT2D eigenvalue weighted by molar-refractivity contribution is 7.90. The maximum absolute atomic E-state index is 11.9. The third-order valence-corrected chi connectivity index (χ3v) is 5.20. The maximum atomic E-state index is 11.9. The Bertz CT molecular complexity index is 623. The molecule has 1 fully saturated rings. The van der Waals surface area contributed by atoms with Crippen LogP contribution in [0.5, 0.6) is 0 Å². The number of para-hydroxylation sites is 1. The van der Waals surface area contributed by atoms with Gasteiger partial charge in [0.1, 0.15) is 11.2 Å². The molecule has 1 aliphatic carbocycles. The molecule has 0 bridgehead atoms. The zero-order chi connectivity index (χ0) is 14.2. The van der Waals surface area contributed by atoms with Crippen LogP contribution in [-0.4, -0.2) is 33.9 Å². The molecule has 1 saturated carbocycles. The zero-order valence-electron chi connectivity index (χ0n) is 11.5. The molecule has 0 aromatic heterocycles. The highest BCUT2D eigenvalue weighted by atomic mass is 32.2. The van der Waals surface area contributed by atoms with Gasteiger partial charge in [0, 0.05) is 19.1 Å². The summed E-state index contributed by atoms with van der Waals surface area (Å²) in [6.07, 6.45) is 4.06. The van der Waals surface area contributed by atoms with E-state index in [1.54, 1.807) is 12.1 Å². The van der Waals surface area contributed by atoms with Gasteiger partial charge in [0.2, 0.25) is 0 Å². The molecule has 6 heteroatoms. The Kier molecular flexibility index (Phi) is 3.52. The molecular formula is C14H19N3O2S. The van der Waals surface area contributed by atoms with Gasteiger partial charge in [-0.15, -0.1) is 4.40 Å². The van der Waals surface area contributed by atoms with Crippen LogP contribution in [0.25, 0.3) is 0 Å². The lowest BCUT2D eigenvalue weighted by atomic mass is 10.2. The van der Waals surface area contributed by atoms with E-state index in [4.69, 9.17) is 0 Å². The number of rotatable bonds is 5. The van der Waals surface area contributed by atoms with Gasteiger partial charge in [-0.3, -0.25) is 0 Å². The molecule has 1 aromatic rings. The molecule has 1 heterocycles. The highest BCUT2D eigenvalue weighted by Gasteiger charge is 2.28. The van der Waals surface area contributed by atoms with E-state index in [2.05, 4.69) is 16.6 Å². The lowest BCUT2D eigenvalue weighted by molar-refractivity contribution is 0.503. The topological polar surface area (TPSA) is 61.8 Å². The van der Waals surface area contributed by atoms with Gasteiger partial charge >= 0.3 is 0 Å². The zero-order valence-corrected chi connectivity index (χ0v) is 12.3. The van der Waals surface area contributed by atoms with Gasteiger partial charge in [-0.05, 0) is 37.8 Å². The van der Waals surface area contributed by atoms with Crippen molar-refractivity contribution < 1.29 is 8.42 Å². The van der Waals surface area contributed by atoms with E-state index >= 15 is 0 Å². The third-order valence-electron chi connectivity index (χ3n) is 3.93. The first-order valence-electron chi connectivity index (χ1n) is 6.97. The SMILES string of the molecule is CC(NCCN1C=NS(=O)(=O)c2ccccc21)C1CC1. The van der Waals surface area contributed by atoms with Gasteiger partial charge in [0.25, 0.3) is 10.0 Å². The van der Waals surface area contributed by atoms with Crippen LogP contribution >= 0.6 is 0 Å². The van der Waals surface area contributed by atoms with Crippen LogP contribution in [0.1, 0.15) is 19.8 Å². The first-order chi connectivity index (χ1) is 9.58. The first-order valence-corrected chi connectivity index (χ1v) is 8.41. The molecule has 108 valence electrons. The van der Waals surface area contributed by atoms with Crippen molar-refractivity contribution in [3.63, 3.8) is 0 Å². The number of anilines is 1. The molecule has 20 heavy (non-hydrogen) atoms. The second kappa shape index (κ2) is 5.18. The van der Waals surface area contributed by atoms with Gasteiger partial charge < -0.3 is 10.2 Å². The van der Waals surface area contributed by atoms with Crippen molar-refractivity contribution in [2.45, 2.75) is 30.7 Å². The predicted molar refractivity (Wildman–Crippen MR) is 79.7 cm³/mol. The van der Waals surface area contributed by atoms with E-state index in [-0.39, 0.29) is 4.90 Å². The predicted octanol–water partition coefficient (Wildman–Crippen LogP) is 1.61. The molecule has 2 aliphatic rings. The standard InChI is InChI=1S/C14H19N3O2S/c1-11(12-6-7-12)15-8-9-17-10-16-20(18,19)14-5-3-2-4-13(14)17/h2-5,10-12,15H,6-9H2,1H3. The lowest BCUT2D eigenvalue weighted by Gasteiger charge is -2.25. The number of fused-ring (bicyclic) bond motifs is 1. The van der Waals surface area contributed by atoms with E-state index in [9.17, 15) is 8.42 Å². The normalized spacial score (nSPS) is 21.6. The fraction of sp³-hybridized carbons (Fsp3) is 0.500. The van der Waals surface area contributed by atoms with Crippen molar-refractivity contribution >= 4 is 22.0 Å². The Balaban J connectivity index is 1.68. The summed E-state index contributed by atoms with van der Waals surface area (Å²) in [7, 11) is -3.51. The van der Waals surface area contributed by atoms with Gasteiger partial charge in [-0.1, -0.05) is 12.1 Å².